The molecule has 8 atom stereocenters. The Labute approximate surface area is 224 Å². The van der Waals surface area contributed by atoms with Crippen molar-refractivity contribution in [1.82, 2.24) is 0 Å². The van der Waals surface area contributed by atoms with E-state index in [4.69, 9.17) is 4.74 Å². The normalized spacial score (nSPS) is 40.9. The van der Waals surface area contributed by atoms with Crippen molar-refractivity contribution in [2.24, 2.45) is 39.4 Å². The molecule has 2 saturated carbocycles. The van der Waals surface area contributed by atoms with Crippen molar-refractivity contribution in [3.63, 3.8) is 0 Å². The molecular weight excluding hydrogens is 464 g/mol. The first-order valence-electron chi connectivity index (χ1n) is 14.7. The fraction of sp³-hybridized carbons (Fsp3) is 0.844. The van der Waals surface area contributed by atoms with E-state index >= 15 is 0 Å². The highest BCUT2D eigenvalue weighted by molar-refractivity contribution is 5.66. The molecule has 1 unspecified atom stereocenters. The molecule has 0 aromatic carbocycles. The molecule has 4 rings (SSSR count). The van der Waals surface area contributed by atoms with Gasteiger partial charge in [-0.25, -0.2) is 0 Å². The topological polar surface area (TPSA) is 87.0 Å². The molecule has 0 saturated heterocycles. The van der Waals surface area contributed by atoms with E-state index in [1.54, 1.807) is 11.1 Å². The van der Waals surface area contributed by atoms with E-state index in [0.717, 1.165) is 56.9 Å². The number of carbonyl (C=O) groups is 1. The lowest BCUT2D eigenvalue weighted by Gasteiger charge is -2.62. The maximum atomic E-state index is 12.0. The largest absolute Gasteiger partial charge is 0.465 e. The van der Waals surface area contributed by atoms with Gasteiger partial charge in [-0.3, -0.25) is 4.79 Å². The third-order valence-electron chi connectivity index (χ3n) is 12.3. The lowest BCUT2D eigenvalue weighted by molar-refractivity contribution is -0.156. The number of hydrogen-bond acceptors (Lipinski definition) is 5. The van der Waals surface area contributed by atoms with Crippen molar-refractivity contribution in [2.75, 3.05) is 13.2 Å². The Balaban J connectivity index is 1.71. The molecule has 0 aromatic rings. The molecule has 0 spiro atoms. The Kier molecular flexibility index (Phi) is 7.87. The Morgan fingerprint density at radius 1 is 1.05 bits per heavy atom. The molecule has 0 aromatic heterocycles. The molecule has 0 radical (unpaired) electrons. The van der Waals surface area contributed by atoms with Crippen molar-refractivity contribution in [2.45, 2.75) is 118 Å². The Hall–Kier alpha value is -1.17. The number of aliphatic hydroxyl groups excluding tert-OH is 3. The van der Waals surface area contributed by atoms with E-state index in [1.807, 2.05) is 13.0 Å². The smallest absolute Gasteiger partial charge is 0.302 e. The van der Waals surface area contributed by atoms with Crippen LogP contribution in [0.4, 0.5) is 0 Å². The van der Waals surface area contributed by atoms with E-state index in [9.17, 15) is 20.1 Å². The predicted octanol–water partition coefficient (Wildman–Crippen LogP) is 5.97. The third kappa shape index (κ3) is 4.45. The van der Waals surface area contributed by atoms with Crippen molar-refractivity contribution in [1.29, 1.82) is 0 Å². The Morgan fingerprint density at radius 3 is 2.41 bits per heavy atom. The summed E-state index contributed by atoms with van der Waals surface area (Å²) in [4.78, 5) is 12.0. The molecule has 0 aliphatic heterocycles. The standard InChI is InChI=1S/C32H52O5/c1-20(18-33)8-10-26(35)21(2)23-12-15-31(7)24-9-11-27-29(4,5)28(36)14-17-32(27,19-37-22(3)34)25(24)13-16-30(23,31)6/h8,21,23,26-28,33,35-36H,9-19H2,1-7H3/b20-8+/t21-,23+,26?,27-,28-,30+,31-,32-/m0/s1. The summed E-state index contributed by atoms with van der Waals surface area (Å²) in [5.74, 6) is 0.711. The molecule has 2 fully saturated rings. The molecule has 0 bridgehead atoms. The minimum Gasteiger partial charge on any atom is -0.465 e. The van der Waals surface area contributed by atoms with Gasteiger partial charge in [0.15, 0.2) is 0 Å². The van der Waals surface area contributed by atoms with Gasteiger partial charge >= 0.3 is 5.97 Å². The van der Waals surface area contributed by atoms with Crippen LogP contribution in [0.1, 0.15) is 106 Å². The van der Waals surface area contributed by atoms with E-state index in [-0.39, 0.29) is 46.3 Å². The van der Waals surface area contributed by atoms with Crippen LogP contribution in [0.5, 0.6) is 0 Å². The first kappa shape index (κ1) is 28.8. The van der Waals surface area contributed by atoms with Crippen LogP contribution >= 0.6 is 0 Å². The maximum Gasteiger partial charge on any atom is 0.302 e. The van der Waals surface area contributed by atoms with Gasteiger partial charge < -0.3 is 20.1 Å². The fourth-order valence-corrected chi connectivity index (χ4v) is 9.64. The van der Waals surface area contributed by atoms with Gasteiger partial charge in [0.05, 0.1) is 18.8 Å². The highest BCUT2D eigenvalue weighted by Gasteiger charge is 2.64. The van der Waals surface area contributed by atoms with Crippen LogP contribution in [0.2, 0.25) is 0 Å². The minimum absolute atomic E-state index is 0.0428. The molecule has 210 valence electrons. The summed E-state index contributed by atoms with van der Waals surface area (Å²) in [6, 6.07) is 0. The molecule has 0 amide bonds. The summed E-state index contributed by atoms with van der Waals surface area (Å²) in [5.41, 5.74) is 3.86. The van der Waals surface area contributed by atoms with Crippen LogP contribution < -0.4 is 0 Å². The second-order valence-corrected chi connectivity index (χ2v) is 14.1. The summed E-state index contributed by atoms with van der Waals surface area (Å²) < 4.78 is 5.82. The van der Waals surface area contributed by atoms with Gasteiger partial charge in [-0.2, -0.15) is 0 Å². The van der Waals surface area contributed by atoms with Crippen LogP contribution in [0.25, 0.3) is 0 Å². The van der Waals surface area contributed by atoms with Crippen molar-refractivity contribution in [3.8, 4) is 0 Å². The molecule has 0 heterocycles. The zero-order valence-corrected chi connectivity index (χ0v) is 24.4. The molecule has 3 N–H and O–H groups in total. The van der Waals surface area contributed by atoms with E-state index < -0.39 is 6.10 Å². The second-order valence-electron chi connectivity index (χ2n) is 14.1. The molecule has 4 aliphatic rings. The van der Waals surface area contributed by atoms with E-state index in [2.05, 4.69) is 34.6 Å². The van der Waals surface area contributed by atoms with E-state index in [1.165, 1.54) is 6.92 Å². The molecule has 5 heteroatoms. The number of ether oxygens (including phenoxy) is 1. The lowest BCUT2D eigenvalue weighted by Crippen LogP contribution is -2.57. The summed E-state index contributed by atoms with van der Waals surface area (Å²) in [6.07, 6.45) is 9.94. The summed E-state index contributed by atoms with van der Waals surface area (Å²) in [5, 5.41) is 31.5. The fourth-order valence-electron chi connectivity index (χ4n) is 9.64. The average Bonchev–Trinajstić information content (AvgIpc) is 3.14. The van der Waals surface area contributed by atoms with E-state index in [0.29, 0.717) is 24.9 Å². The van der Waals surface area contributed by atoms with Crippen LogP contribution in [0, 0.1) is 39.4 Å². The molecule has 4 aliphatic carbocycles. The number of esters is 1. The molecule has 5 nitrogen and oxygen atoms in total. The van der Waals surface area contributed by atoms with Crippen LogP contribution in [-0.2, 0) is 9.53 Å². The van der Waals surface area contributed by atoms with Gasteiger partial charge in [0.1, 0.15) is 6.61 Å². The monoisotopic (exact) mass is 516 g/mol. The number of rotatable bonds is 7. The second kappa shape index (κ2) is 10.1. The average molecular weight is 517 g/mol. The molecular formula is C32H52O5. The first-order valence-corrected chi connectivity index (χ1v) is 14.7. The van der Waals surface area contributed by atoms with Gasteiger partial charge in [0.25, 0.3) is 0 Å². The lowest BCUT2D eigenvalue weighted by atomic mass is 9.43. The summed E-state index contributed by atoms with van der Waals surface area (Å²) in [7, 11) is 0. The van der Waals surface area contributed by atoms with Crippen LogP contribution in [0.3, 0.4) is 0 Å². The maximum absolute atomic E-state index is 12.0. The quantitative estimate of drug-likeness (QED) is 0.287. The van der Waals surface area contributed by atoms with Crippen molar-refractivity contribution >= 4 is 5.97 Å². The summed E-state index contributed by atoms with van der Waals surface area (Å²) in [6.45, 7) is 15.5. The van der Waals surface area contributed by atoms with Gasteiger partial charge in [-0.05, 0) is 98.7 Å². The van der Waals surface area contributed by atoms with Gasteiger partial charge in [0, 0.05) is 12.3 Å². The van der Waals surface area contributed by atoms with Gasteiger partial charge in [0.2, 0.25) is 0 Å². The number of fused-ring (bicyclic) bond motifs is 4. The highest BCUT2D eigenvalue weighted by atomic mass is 16.5. The SMILES string of the molecule is CC(=O)OC[C@]12CC[C@H](O)C(C)(C)[C@@H]1CCC1=C2CC[C@]2(C)[C@@H]([C@H](C)C(O)C/C=C(\C)CO)CC[C@@]12C. The highest BCUT2D eigenvalue weighted by Crippen LogP contribution is 2.72. The zero-order valence-electron chi connectivity index (χ0n) is 24.4. The minimum atomic E-state index is -0.410. The molecule has 37 heavy (non-hydrogen) atoms. The predicted molar refractivity (Wildman–Crippen MR) is 147 cm³/mol. The number of allylic oxidation sites excluding steroid dienone is 1. The number of aliphatic hydroxyl groups is 3. The summed E-state index contributed by atoms with van der Waals surface area (Å²) >= 11 is 0. The van der Waals surface area contributed by atoms with Crippen molar-refractivity contribution < 1.29 is 24.9 Å². The Morgan fingerprint density at radius 2 is 1.76 bits per heavy atom. The van der Waals surface area contributed by atoms with Crippen LogP contribution in [0.15, 0.2) is 22.8 Å². The van der Waals surface area contributed by atoms with Crippen molar-refractivity contribution in [3.05, 3.63) is 22.8 Å². The number of hydrogen-bond donors (Lipinski definition) is 3. The zero-order chi connectivity index (χ0) is 27.4. The van der Waals surface area contributed by atoms with Gasteiger partial charge in [-0.15, -0.1) is 0 Å². The Bertz CT molecular complexity index is 949. The number of carbonyl (C=O) groups excluding carboxylic acids is 1. The van der Waals surface area contributed by atoms with Crippen LogP contribution in [-0.4, -0.2) is 46.7 Å². The third-order valence-corrected chi connectivity index (χ3v) is 12.3. The first-order chi connectivity index (χ1) is 17.2. The van der Waals surface area contributed by atoms with Gasteiger partial charge in [-0.1, -0.05) is 57.4 Å².